The number of rotatable bonds is 5. The van der Waals surface area contributed by atoms with Gasteiger partial charge in [-0.25, -0.2) is 12.8 Å². The van der Waals surface area contributed by atoms with Crippen molar-refractivity contribution in [1.29, 1.82) is 5.26 Å². The standard InChI is InChI=1S/C20H22FN3O2S/c1-15-5-8-19(23-14-17-11-18(21)7-6-16(17)13-22)12-20(15)27(25,26)24-9-3-2-4-10-24/h5-8,11-12,23H,2-4,9-10,14H2,1H3. The van der Waals surface area contributed by atoms with Gasteiger partial charge in [-0.3, -0.25) is 0 Å². The molecule has 0 atom stereocenters. The maximum Gasteiger partial charge on any atom is 0.243 e. The lowest BCUT2D eigenvalue weighted by Gasteiger charge is -2.26. The van der Waals surface area contributed by atoms with Crippen molar-refractivity contribution in [1.82, 2.24) is 4.31 Å². The van der Waals surface area contributed by atoms with E-state index in [0.717, 1.165) is 19.3 Å². The molecule has 1 fully saturated rings. The number of sulfonamides is 1. The molecule has 0 saturated carbocycles. The number of nitrogens with one attached hydrogen (secondary N) is 1. The average molecular weight is 387 g/mol. The van der Waals surface area contributed by atoms with E-state index in [2.05, 4.69) is 5.32 Å². The number of benzene rings is 2. The van der Waals surface area contributed by atoms with Crippen LogP contribution in [0, 0.1) is 24.1 Å². The molecule has 3 rings (SSSR count). The predicted octanol–water partition coefficient (Wildman–Crippen LogP) is 3.79. The molecule has 2 aromatic rings. The molecule has 0 aromatic heterocycles. The second kappa shape index (κ2) is 8.07. The van der Waals surface area contributed by atoms with Crippen LogP contribution >= 0.6 is 0 Å². The maximum absolute atomic E-state index is 13.5. The van der Waals surface area contributed by atoms with E-state index in [1.54, 1.807) is 29.4 Å². The van der Waals surface area contributed by atoms with Gasteiger partial charge >= 0.3 is 0 Å². The molecular weight excluding hydrogens is 365 g/mol. The Labute approximate surface area is 159 Å². The number of hydrogen-bond donors (Lipinski definition) is 1. The van der Waals surface area contributed by atoms with Crippen molar-refractivity contribution in [2.24, 2.45) is 0 Å². The zero-order chi connectivity index (χ0) is 19.4. The number of piperidine rings is 1. The highest BCUT2D eigenvalue weighted by Crippen LogP contribution is 2.26. The monoisotopic (exact) mass is 387 g/mol. The fourth-order valence-corrected chi connectivity index (χ4v) is 5.02. The average Bonchev–Trinajstić information content (AvgIpc) is 2.68. The largest absolute Gasteiger partial charge is 0.381 e. The fraction of sp³-hybridized carbons (Fsp3) is 0.350. The minimum Gasteiger partial charge on any atom is -0.381 e. The van der Waals surface area contributed by atoms with E-state index in [1.807, 2.05) is 6.07 Å². The number of nitrogens with zero attached hydrogens (tertiary/aromatic N) is 2. The molecule has 0 radical (unpaired) electrons. The molecule has 0 amide bonds. The summed E-state index contributed by atoms with van der Waals surface area (Å²) in [7, 11) is -3.54. The quantitative estimate of drug-likeness (QED) is 0.847. The zero-order valence-corrected chi connectivity index (χ0v) is 16.0. The van der Waals surface area contributed by atoms with Crippen LogP contribution in [0.2, 0.25) is 0 Å². The highest BCUT2D eigenvalue weighted by atomic mass is 32.2. The van der Waals surface area contributed by atoms with Gasteiger partial charge < -0.3 is 5.32 Å². The van der Waals surface area contributed by atoms with Crippen molar-refractivity contribution in [3.05, 3.63) is 58.9 Å². The molecule has 1 heterocycles. The van der Waals surface area contributed by atoms with Crippen LogP contribution in [0.25, 0.3) is 0 Å². The normalized spacial score (nSPS) is 15.3. The lowest BCUT2D eigenvalue weighted by atomic mass is 10.1. The lowest BCUT2D eigenvalue weighted by Crippen LogP contribution is -2.36. The topological polar surface area (TPSA) is 73.2 Å². The van der Waals surface area contributed by atoms with Crippen LogP contribution in [-0.4, -0.2) is 25.8 Å². The Morgan fingerprint density at radius 2 is 1.89 bits per heavy atom. The smallest absolute Gasteiger partial charge is 0.243 e. The molecule has 1 N–H and O–H groups in total. The lowest BCUT2D eigenvalue weighted by molar-refractivity contribution is 0.346. The molecule has 2 aromatic carbocycles. The van der Waals surface area contributed by atoms with E-state index in [9.17, 15) is 12.8 Å². The highest BCUT2D eigenvalue weighted by Gasteiger charge is 2.27. The SMILES string of the molecule is Cc1ccc(NCc2cc(F)ccc2C#N)cc1S(=O)(=O)N1CCCCC1. The molecule has 1 saturated heterocycles. The van der Waals surface area contributed by atoms with Gasteiger partial charge in [0.1, 0.15) is 5.82 Å². The molecule has 0 spiro atoms. The van der Waals surface area contributed by atoms with Gasteiger partial charge in [-0.15, -0.1) is 0 Å². The minimum absolute atomic E-state index is 0.229. The van der Waals surface area contributed by atoms with E-state index >= 15 is 0 Å². The second-order valence-electron chi connectivity index (χ2n) is 6.71. The molecule has 1 aliphatic rings. The predicted molar refractivity (Wildman–Crippen MR) is 102 cm³/mol. The number of anilines is 1. The molecule has 0 bridgehead atoms. The van der Waals surface area contributed by atoms with Crippen molar-refractivity contribution < 1.29 is 12.8 Å². The first-order chi connectivity index (χ1) is 12.9. The second-order valence-corrected chi connectivity index (χ2v) is 8.62. The van der Waals surface area contributed by atoms with Gasteiger partial charge in [-0.1, -0.05) is 12.5 Å². The first-order valence-corrected chi connectivity index (χ1v) is 10.4. The van der Waals surface area contributed by atoms with Crippen LogP contribution < -0.4 is 5.32 Å². The third kappa shape index (κ3) is 4.29. The van der Waals surface area contributed by atoms with E-state index in [4.69, 9.17) is 5.26 Å². The summed E-state index contributed by atoms with van der Waals surface area (Å²) in [5.74, 6) is -0.414. The Balaban J connectivity index is 1.84. The van der Waals surface area contributed by atoms with Crippen LogP contribution in [0.3, 0.4) is 0 Å². The number of nitriles is 1. The number of aryl methyl sites for hydroxylation is 1. The summed E-state index contributed by atoms with van der Waals surface area (Å²) in [6.45, 7) is 3.11. The highest BCUT2D eigenvalue weighted by molar-refractivity contribution is 7.89. The Kier molecular flexibility index (Phi) is 5.78. The summed E-state index contributed by atoms with van der Waals surface area (Å²) in [5.41, 5.74) is 2.22. The number of hydrogen-bond acceptors (Lipinski definition) is 4. The third-order valence-corrected chi connectivity index (χ3v) is 6.83. The van der Waals surface area contributed by atoms with Crippen molar-refractivity contribution >= 4 is 15.7 Å². The van der Waals surface area contributed by atoms with E-state index < -0.39 is 15.8 Å². The van der Waals surface area contributed by atoms with Gasteiger partial charge in [0, 0.05) is 25.3 Å². The van der Waals surface area contributed by atoms with Gasteiger partial charge in [-0.2, -0.15) is 9.57 Å². The summed E-state index contributed by atoms with van der Waals surface area (Å²) in [6.07, 6.45) is 2.82. The van der Waals surface area contributed by atoms with Crippen LogP contribution in [0.15, 0.2) is 41.3 Å². The van der Waals surface area contributed by atoms with E-state index in [-0.39, 0.29) is 11.4 Å². The van der Waals surface area contributed by atoms with Crippen LogP contribution in [0.5, 0.6) is 0 Å². The summed E-state index contributed by atoms with van der Waals surface area (Å²) >= 11 is 0. The molecule has 1 aliphatic heterocycles. The molecule has 27 heavy (non-hydrogen) atoms. The van der Waals surface area contributed by atoms with E-state index in [0.29, 0.717) is 35.5 Å². The summed E-state index contributed by atoms with van der Waals surface area (Å²) < 4.78 is 41.0. The Bertz CT molecular complexity index is 977. The van der Waals surface area contributed by atoms with Crippen LogP contribution in [0.4, 0.5) is 10.1 Å². The fourth-order valence-electron chi connectivity index (χ4n) is 3.25. The molecule has 0 unspecified atom stereocenters. The number of halogens is 1. The molecule has 7 heteroatoms. The molecule has 0 aliphatic carbocycles. The Morgan fingerprint density at radius 1 is 1.15 bits per heavy atom. The summed E-state index contributed by atoms with van der Waals surface area (Å²) in [6, 6.07) is 11.2. The van der Waals surface area contributed by atoms with Crippen molar-refractivity contribution in [3.8, 4) is 6.07 Å². The van der Waals surface area contributed by atoms with Crippen molar-refractivity contribution in [2.75, 3.05) is 18.4 Å². The molecule has 142 valence electrons. The van der Waals surface area contributed by atoms with Gasteiger partial charge in [-0.05, 0) is 61.2 Å². The van der Waals surface area contributed by atoms with Crippen LogP contribution in [-0.2, 0) is 16.6 Å². The van der Waals surface area contributed by atoms with Gasteiger partial charge in [0.2, 0.25) is 10.0 Å². The van der Waals surface area contributed by atoms with Crippen molar-refractivity contribution in [3.63, 3.8) is 0 Å². The summed E-state index contributed by atoms with van der Waals surface area (Å²) in [4.78, 5) is 0.286. The zero-order valence-electron chi connectivity index (χ0n) is 15.2. The first kappa shape index (κ1) is 19.3. The van der Waals surface area contributed by atoms with Gasteiger partial charge in [0.15, 0.2) is 0 Å². The Hall–Kier alpha value is -2.43. The van der Waals surface area contributed by atoms with Crippen molar-refractivity contribution in [2.45, 2.75) is 37.6 Å². The molecule has 5 nitrogen and oxygen atoms in total. The van der Waals surface area contributed by atoms with Gasteiger partial charge in [0.25, 0.3) is 0 Å². The van der Waals surface area contributed by atoms with Gasteiger partial charge in [0.05, 0.1) is 16.5 Å². The Morgan fingerprint density at radius 3 is 2.59 bits per heavy atom. The third-order valence-electron chi connectivity index (χ3n) is 4.79. The molecular formula is C20H22FN3O2S. The first-order valence-electron chi connectivity index (χ1n) is 8.95. The maximum atomic E-state index is 13.5. The van der Waals surface area contributed by atoms with Crippen LogP contribution in [0.1, 0.15) is 36.0 Å². The minimum atomic E-state index is -3.54. The summed E-state index contributed by atoms with van der Waals surface area (Å²) in [5, 5.41) is 12.3. The van der Waals surface area contributed by atoms with E-state index in [1.165, 1.54) is 18.2 Å².